The largest absolute Gasteiger partial charge is 0.294 e. The molecule has 2 rings (SSSR count). The van der Waals surface area contributed by atoms with E-state index < -0.39 is 10.1 Å². The van der Waals surface area contributed by atoms with Crippen molar-refractivity contribution in [2.75, 3.05) is 0 Å². The van der Waals surface area contributed by atoms with Crippen molar-refractivity contribution in [2.24, 2.45) is 0 Å². The first-order valence-corrected chi connectivity index (χ1v) is 6.97. The highest BCUT2D eigenvalue weighted by Gasteiger charge is 2.21. The molecule has 1 N–H and O–H groups in total. The molecule has 0 spiro atoms. The minimum absolute atomic E-state index is 0.0388. The Morgan fingerprint density at radius 2 is 1.94 bits per heavy atom. The number of hydrogen-bond acceptors (Lipinski definition) is 2. The maximum Gasteiger partial charge on any atom is 0.294 e. The smallest absolute Gasteiger partial charge is 0.282 e. The Kier molecular flexibility index (Phi) is 2.80. The van der Waals surface area contributed by atoms with E-state index in [9.17, 15) is 8.42 Å². The molecule has 3 nitrogen and oxygen atoms in total. The summed E-state index contributed by atoms with van der Waals surface area (Å²) in [6, 6.07) is 3.23. The van der Waals surface area contributed by atoms with E-state index in [0.717, 1.165) is 30.4 Å². The van der Waals surface area contributed by atoms with Gasteiger partial charge in [0, 0.05) is 0 Å². The average molecular weight is 240 g/mol. The van der Waals surface area contributed by atoms with Crippen molar-refractivity contribution in [2.45, 2.75) is 43.9 Å². The molecule has 0 aromatic heterocycles. The fourth-order valence-electron chi connectivity index (χ4n) is 2.37. The Morgan fingerprint density at radius 1 is 1.25 bits per heavy atom. The summed E-state index contributed by atoms with van der Waals surface area (Å²) in [6.45, 7) is 4.09. The summed E-state index contributed by atoms with van der Waals surface area (Å²) >= 11 is 0. The van der Waals surface area contributed by atoms with Crippen LogP contribution < -0.4 is 0 Å². The van der Waals surface area contributed by atoms with Crippen molar-refractivity contribution in [1.29, 1.82) is 0 Å². The van der Waals surface area contributed by atoms with E-state index in [0.29, 0.717) is 0 Å². The van der Waals surface area contributed by atoms with Gasteiger partial charge in [-0.3, -0.25) is 4.55 Å². The van der Waals surface area contributed by atoms with Gasteiger partial charge in [0.15, 0.2) is 0 Å². The molecule has 0 amide bonds. The highest BCUT2D eigenvalue weighted by atomic mass is 32.2. The molecular formula is C12H16O3S. The van der Waals surface area contributed by atoms with Crippen molar-refractivity contribution in [3.05, 3.63) is 28.8 Å². The SMILES string of the molecule is CC(C)c1cc(S(=O)(=O)O)cc2c1CCC2. The molecule has 1 aliphatic carbocycles. The fourth-order valence-corrected chi connectivity index (χ4v) is 2.94. The normalized spacial score (nSPS) is 15.5. The van der Waals surface area contributed by atoms with Crippen molar-refractivity contribution in [3.63, 3.8) is 0 Å². The van der Waals surface area contributed by atoms with E-state index in [1.807, 2.05) is 13.8 Å². The third-order valence-electron chi connectivity index (χ3n) is 3.14. The van der Waals surface area contributed by atoms with Gasteiger partial charge < -0.3 is 0 Å². The van der Waals surface area contributed by atoms with Crippen LogP contribution in [0.1, 0.15) is 42.9 Å². The molecule has 16 heavy (non-hydrogen) atoms. The minimum atomic E-state index is -4.08. The summed E-state index contributed by atoms with van der Waals surface area (Å²) in [7, 11) is -4.08. The second-order valence-electron chi connectivity index (χ2n) is 4.63. The van der Waals surface area contributed by atoms with Gasteiger partial charge in [0.2, 0.25) is 0 Å². The number of hydrogen-bond donors (Lipinski definition) is 1. The van der Waals surface area contributed by atoms with Gasteiger partial charge >= 0.3 is 0 Å². The van der Waals surface area contributed by atoms with Gasteiger partial charge in [-0.05, 0) is 54.0 Å². The van der Waals surface area contributed by atoms with Crippen molar-refractivity contribution >= 4 is 10.1 Å². The molecule has 0 heterocycles. The zero-order chi connectivity index (χ0) is 11.9. The van der Waals surface area contributed by atoms with Crippen LogP contribution in [-0.4, -0.2) is 13.0 Å². The van der Waals surface area contributed by atoms with Crippen LogP contribution in [0.25, 0.3) is 0 Å². The Bertz CT molecular complexity index is 515. The maximum absolute atomic E-state index is 11.2. The number of fused-ring (bicyclic) bond motifs is 1. The first-order chi connectivity index (χ1) is 7.39. The Balaban J connectivity index is 2.66. The van der Waals surface area contributed by atoms with Gasteiger partial charge in [0.1, 0.15) is 0 Å². The van der Waals surface area contributed by atoms with Crippen LogP contribution in [0.5, 0.6) is 0 Å². The number of benzene rings is 1. The zero-order valence-corrected chi connectivity index (χ0v) is 10.3. The van der Waals surface area contributed by atoms with Crippen molar-refractivity contribution in [3.8, 4) is 0 Å². The van der Waals surface area contributed by atoms with E-state index in [1.165, 1.54) is 5.56 Å². The van der Waals surface area contributed by atoms with Gasteiger partial charge in [-0.2, -0.15) is 8.42 Å². The minimum Gasteiger partial charge on any atom is -0.282 e. The highest BCUT2D eigenvalue weighted by Crippen LogP contribution is 2.32. The van der Waals surface area contributed by atoms with Crippen LogP contribution >= 0.6 is 0 Å². The van der Waals surface area contributed by atoms with E-state index >= 15 is 0 Å². The predicted molar refractivity (Wildman–Crippen MR) is 62.4 cm³/mol. The molecule has 0 unspecified atom stereocenters. The van der Waals surface area contributed by atoms with Gasteiger partial charge in [-0.1, -0.05) is 13.8 Å². The predicted octanol–water partition coefficient (Wildman–Crippen LogP) is 2.55. The molecule has 0 radical (unpaired) electrons. The Labute approximate surface area is 96.2 Å². The average Bonchev–Trinajstić information content (AvgIpc) is 2.61. The lowest BCUT2D eigenvalue weighted by Gasteiger charge is -2.13. The van der Waals surface area contributed by atoms with Gasteiger partial charge in [0.25, 0.3) is 10.1 Å². The molecule has 1 aromatic rings. The van der Waals surface area contributed by atoms with Crippen LogP contribution in [0, 0.1) is 0 Å². The zero-order valence-electron chi connectivity index (χ0n) is 9.53. The summed E-state index contributed by atoms with van der Waals surface area (Å²) in [5, 5.41) is 0. The summed E-state index contributed by atoms with van der Waals surface area (Å²) in [5.41, 5.74) is 3.42. The summed E-state index contributed by atoms with van der Waals surface area (Å²) in [5.74, 6) is 0.286. The molecule has 0 fully saturated rings. The Morgan fingerprint density at radius 3 is 2.50 bits per heavy atom. The second-order valence-corrected chi connectivity index (χ2v) is 6.06. The van der Waals surface area contributed by atoms with E-state index in [2.05, 4.69) is 0 Å². The van der Waals surface area contributed by atoms with Crippen LogP contribution in [0.2, 0.25) is 0 Å². The molecule has 0 atom stereocenters. The van der Waals surface area contributed by atoms with Crippen LogP contribution in [0.3, 0.4) is 0 Å². The van der Waals surface area contributed by atoms with Gasteiger partial charge in [0.05, 0.1) is 4.90 Å². The molecule has 0 bridgehead atoms. The summed E-state index contributed by atoms with van der Waals surface area (Å²) in [6.07, 6.45) is 3.01. The van der Waals surface area contributed by atoms with E-state index in [4.69, 9.17) is 4.55 Å². The van der Waals surface area contributed by atoms with Crippen LogP contribution in [-0.2, 0) is 23.0 Å². The molecule has 4 heteroatoms. The standard InChI is InChI=1S/C12H16O3S/c1-8(2)12-7-10(16(13,14)15)6-9-4-3-5-11(9)12/h6-8H,3-5H2,1-2H3,(H,13,14,15). The van der Waals surface area contributed by atoms with Crippen LogP contribution in [0.4, 0.5) is 0 Å². The maximum atomic E-state index is 11.2. The fraction of sp³-hybridized carbons (Fsp3) is 0.500. The first-order valence-electron chi connectivity index (χ1n) is 5.53. The van der Waals surface area contributed by atoms with Gasteiger partial charge in [-0.15, -0.1) is 0 Å². The molecule has 1 aromatic carbocycles. The van der Waals surface area contributed by atoms with Crippen molar-refractivity contribution in [1.82, 2.24) is 0 Å². The van der Waals surface area contributed by atoms with E-state index in [-0.39, 0.29) is 10.8 Å². The third kappa shape index (κ3) is 1.99. The van der Waals surface area contributed by atoms with Crippen molar-refractivity contribution < 1.29 is 13.0 Å². The topological polar surface area (TPSA) is 54.4 Å². The molecular weight excluding hydrogens is 224 g/mol. The molecule has 1 aliphatic rings. The third-order valence-corrected chi connectivity index (χ3v) is 3.97. The van der Waals surface area contributed by atoms with E-state index in [1.54, 1.807) is 12.1 Å². The van der Waals surface area contributed by atoms with Gasteiger partial charge in [-0.25, -0.2) is 0 Å². The summed E-state index contributed by atoms with van der Waals surface area (Å²) in [4.78, 5) is 0.0388. The number of rotatable bonds is 2. The molecule has 0 saturated heterocycles. The highest BCUT2D eigenvalue weighted by molar-refractivity contribution is 7.85. The number of aryl methyl sites for hydroxylation is 1. The lowest BCUT2D eigenvalue weighted by atomic mass is 9.95. The molecule has 88 valence electrons. The molecule has 0 aliphatic heterocycles. The quantitative estimate of drug-likeness (QED) is 0.808. The first kappa shape index (κ1) is 11.6. The summed E-state index contributed by atoms with van der Waals surface area (Å²) < 4.78 is 31.4. The molecule has 0 saturated carbocycles. The second kappa shape index (κ2) is 3.86. The van der Waals surface area contributed by atoms with Crippen LogP contribution in [0.15, 0.2) is 17.0 Å². The Hall–Kier alpha value is -0.870. The lowest BCUT2D eigenvalue weighted by molar-refractivity contribution is 0.483. The monoisotopic (exact) mass is 240 g/mol. The lowest BCUT2D eigenvalue weighted by Crippen LogP contribution is -2.03.